The summed E-state index contributed by atoms with van der Waals surface area (Å²) in [6.07, 6.45) is 37.3. The van der Waals surface area contributed by atoms with Crippen molar-refractivity contribution in [1.29, 1.82) is 0 Å². The average Bonchev–Trinajstić information content (AvgIpc) is 3.69. The maximum atomic E-state index is 7.18. The summed E-state index contributed by atoms with van der Waals surface area (Å²) < 4.78 is 7.18. The highest BCUT2D eigenvalue weighted by molar-refractivity contribution is 5.73. The molecule has 2 aromatic rings. The SMILES string of the molecule is C[C@]12CC[C@H](O[C@@H]3CC[C@]4(C)C(=CC[C@H]5[C@@H]6CC=C(c7cccnc7)[C@]6(C)CC[C@@H]54)C3)CC1=CC[C@@H]1[C@@H]2CC[C@]2(C)C(c3cccnc3)=CC[C@@H]12. The lowest BCUT2D eigenvalue weighted by Crippen LogP contribution is -2.51. The lowest BCUT2D eigenvalue weighted by molar-refractivity contribution is -0.0821. The van der Waals surface area contributed by atoms with Crippen molar-refractivity contribution in [3.63, 3.8) is 0 Å². The molecule has 0 N–H and O–H groups in total. The molecule has 8 aliphatic rings. The van der Waals surface area contributed by atoms with Crippen LogP contribution >= 0.6 is 0 Å². The molecule has 2 aromatic heterocycles. The fourth-order valence-electron chi connectivity index (χ4n) is 14.8. The first-order chi connectivity index (χ1) is 24.7. The van der Waals surface area contributed by atoms with Crippen molar-refractivity contribution < 1.29 is 4.74 Å². The molecule has 10 rings (SSSR count). The Morgan fingerprint density at radius 2 is 0.980 bits per heavy atom. The summed E-state index contributed by atoms with van der Waals surface area (Å²) >= 11 is 0. The molecule has 0 unspecified atom stereocenters. The zero-order valence-electron chi connectivity index (χ0n) is 31.7. The van der Waals surface area contributed by atoms with Gasteiger partial charge in [0.2, 0.25) is 0 Å². The quantitative estimate of drug-likeness (QED) is 0.302. The molecule has 0 spiro atoms. The highest BCUT2D eigenvalue weighted by Gasteiger charge is 2.59. The smallest absolute Gasteiger partial charge is 0.0616 e. The summed E-state index contributed by atoms with van der Waals surface area (Å²) in [5.74, 6) is 4.78. The van der Waals surface area contributed by atoms with Crippen molar-refractivity contribution >= 4 is 11.1 Å². The molecule has 0 radical (unpaired) electrons. The van der Waals surface area contributed by atoms with E-state index in [0.717, 1.165) is 35.5 Å². The molecule has 0 saturated heterocycles. The van der Waals surface area contributed by atoms with Crippen LogP contribution in [0.3, 0.4) is 0 Å². The van der Waals surface area contributed by atoms with E-state index in [1.165, 1.54) is 101 Å². The van der Waals surface area contributed by atoms with E-state index in [1.807, 2.05) is 12.4 Å². The normalized spacial score (nSPS) is 45.4. The monoisotopic (exact) mass is 680 g/mol. The highest BCUT2D eigenvalue weighted by Crippen LogP contribution is 2.68. The summed E-state index contributed by atoms with van der Waals surface area (Å²) in [6.45, 7) is 10.5. The number of fused-ring (bicyclic) bond motifs is 10. The van der Waals surface area contributed by atoms with Gasteiger partial charge < -0.3 is 4.74 Å². The van der Waals surface area contributed by atoms with Crippen molar-refractivity contribution in [2.45, 2.75) is 130 Å². The highest BCUT2D eigenvalue weighted by atomic mass is 16.5. The van der Waals surface area contributed by atoms with Crippen LogP contribution in [-0.4, -0.2) is 22.2 Å². The Bertz CT molecular complexity index is 1670. The van der Waals surface area contributed by atoms with Crippen molar-refractivity contribution in [1.82, 2.24) is 9.97 Å². The Morgan fingerprint density at radius 3 is 1.41 bits per heavy atom. The maximum absolute atomic E-state index is 7.18. The van der Waals surface area contributed by atoms with Gasteiger partial charge in [-0.25, -0.2) is 0 Å². The molecule has 8 aliphatic carbocycles. The molecule has 4 saturated carbocycles. The largest absolute Gasteiger partial charge is 0.374 e. The van der Waals surface area contributed by atoms with E-state index >= 15 is 0 Å². The molecular formula is C48H60N2O. The van der Waals surface area contributed by atoms with Crippen LogP contribution in [0.2, 0.25) is 0 Å². The molecule has 268 valence electrons. The number of nitrogens with zero attached hydrogens (tertiary/aromatic N) is 2. The van der Waals surface area contributed by atoms with E-state index in [-0.39, 0.29) is 0 Å². The molecule has 2 heterocycles. The van der Waals surface area contributed by atoms with Gasteiger partial charge in [0.05, 0.1) is 12.2 Å². The van der Waals surface area contributed by atoms with Crippen LogP contribution in [0, 0.1) is 57.2 Å². The number of pyridine rings is 2. The van der Waals surface area contributed by atoms with Crippen LogP contribution in [0.25, 0.3) is 11.1 Å². The van der Waals surface area contributed by atoms with Crippen LogP contribution in [0.4, 0.5) is 0 Å². The Morgan fingerprint density at radius 1 is 0.529 bits per heavy atom. The predicted octanol–water partition coefficient (Wildman–Crippen LogP) is 11.8. The number of ether oxygens (including phenoxy) is 1. The minimum atomic E-state index is 0.295. The minimum Gasteiger partial charge on any atom is -0.374 e. The first kappa shape index (κ1) is 32.8. The van der Waals surface area contributed by atoms with Crippen molar-refractivity contribution in [2.75, 3.05) is 0 Å². The van der Waals surface area contributed by atoms with E-state index < -0.39 is 0 Å². The Hall–Kier alpha value is -2.78. The number of aromatic nitrogens is 2. The number of hydrogen-bond acceptors (Lipinski definition) is 3. The molecule has 0 aromatic carbocycles. The van der Waals surface area contributed by atoms with Crippen LogP contribution in [0.15, 0.2) is 84.5 Å². The van der Waals surface area contributed by atoms with Gasteiger partial charge in [0.1, 0.15) is 0 Å². The zero-order valence-corrected chi connectivity index (χ0v) is 31.7. The molecule has 0 bridgehead atoms. The van der Waals surface area contributed by atoms with E-state index in [4.69, 9.17) is 4.74 Å². The molecule has 3 heteroatoms. The van der Waals surface area contributed by atoms with Gasteiger partial charge in [0, 0.05) is 24.8 Å². The predicted molar refractivity (Wildman–Crippen MR) is 207 cm³/mol. The summed E-state index contributed by atoms with van der Waals surface area (Å²) in [6, 6.07) is 8.79. The Labute approximate surface area is 307 Å². The number of rotatable bonds is 4. The summed E-state index contributed by atoms with van der Waals surface area (Å²) in [5, 5.41) is 0. The maximum Gasteiger partial charge on any atom is 0.0616 e. The van der Waals surface area contributed by atoms with E-state index in [9.17, 15) is 0 Å². The number of hydrogen-bond donors (Lipinski definition) is 0. The van der Waals surface area contributed by atoms with Gasteiger partial charge in [-0.1, -0.05) is 75.3 Å². The van der Waals surface area contributed by atoms with E-state index in [1.54, 1.807) is 22.3 Å². The Balaban J connectivity index is 0.803. The third kappa shape index (κ3) is 4.84. The van der Waals surface area contributed by atoms with Gasteiger partial charge in [0.25, 0.3) is 0 Å². The lowest BCUT2D eigenvalue weighted by atomic mass is 9.47. The van der Waals surface area contributed by atoms with Gasteiger partial charge in [-0.15, -0.1) is 0 Å². The lowest BCUT2D eigenvalue weighted by Gasteiger charge is -2.58. The van der Waals surface area contributed by atoms with Crippen LogP contribution in [-0.2, 0) is 4.74 Å². The van der Waals surface area contributed by atoms with Crippen molar-refractivity contribution in [2.24, 2.45) is 57.2 Å². The Kier molecular flexibility index (Phi) is 7.64. The second-order valence-corrected chi connectivity index (χ2v) is 19.5. The third-order valence-corrected chi connectivity index (χ3v) is 17.6. The van der Waals surface area contributed by atoms with Gasteiger partial charge in [-0.3, -0.25) is 9.97 Å². The molecule has 0 amide bonds. The first-order valence-electron chi connectivity index (χ1n) is 21.0. The summed E-state index contributed by atoms with van der Waals surface area (Å²) in [4.78, 5) is 8.98. The van der Waals surface area contributed by atoms with Gasteiger partial charge >= 0.3 is 0 Å². The number of allylic oxidation sites excluding steroid dienone is 6. The minimum absolute atomic E-state index is 0.295. The molecular weight excluding hydrogens is 621 g/mol. The van der Waals surface area contributed by atoms with Crippen LogP contribution < -0.4 is 0 Å². The molecule has 51 heavy (non-hydrogen) atoms. The second-order valence-electron chi connectivity index (χ2n) is 19.5. The fourth-order valence-corrected chi connectivity index (χ4v) is 14.8. The van der Waals surface area contributed by atoms with Crippen LogP contribution in [0.5, 0.6) is 0 Å². The van der Waals surface area contributed by atoms with Gasteiger partial charge in [-0.2, -0.15) is 0 Å². The van der Waals surface area contributed by atoms with Crippen molar-refractivity contribution in [3.05, 3.63) is 95.6 Å². The van der Waals surface area contributed by atoms with Gasteiger partial charge in [0.15, 0.2) is 0 Å². The van der Waals surface area contributed by atoms with Crippen molar-refractivity contribution in [3.8, 4) is 0 Å². The molecule has 4 fully saturated rings. The van der Waals surface area contributed by atoms with Gasteiger partial charge in [-0.05, 0) is 181 Å². The summed E-state index contributed by atoms with van der Waals surface area (Å²) in [7, 11) is 0. The zero-order chi connectivity index (χ0) is 34.6. The molecule has 3 nitrogen and oxygen atoms in total. The summed E-state index contributed by atoms with van der Waals surface area (Å²) in [5.41, 5.74) is 10.7. The van der Waals surface area contributed by atoms with Crippen LogP contribution in [0.1, 0.15) is 129 Å². The molecule has 0 aliphatic heterocycles. The first-order valence-corrected chi connectivity index (χ1v) is 21.0. The average molecular weight is 681 g/mol. The van der Waals surface area contributed by atoms with E-state index in [0.29, 0.717) is 33.9 Å². The fraction of sp³-hybridized carbons (Fsp3) is 0.625. The topological polar surface area (TPSA) is 35.0 Å². The second kappa shape index (κ2) is 11.9. The molecule has 12 atom stereocenters. The standard InChI is InChI=1S/C48H60N2O/c1-45-21-17-35(27-33(45)9-11-37-41-15-13-39(31-7-5-25-49-29-31)47(41,3)23-19-43(37)45)51-36-18-22-46(2)34(28-36)10-12-38-42-16-14-40(32-8-6-26-50-30-32)48(42,4)24-20-44(38)46/h5-10,13-14,25-26,29-30,35-38,41-44H,11-12,15-24,27-28H2,1-4H3/t35-,36+,37-,38-,41-,42-,43-,44-,45-,46+,47+,48-/m0/s1. The van der Waals surface area contributed by atoms with E-state index in [2.05, 4.69) is 98.6 Å². The third-order valence-electron chi connectivity index (χ3n) is 17.6.